The highest BCUT2D eigenvalue weighted by molar-refractivity contribution is 7.90. The van der Waals surface area contributed by atoms with Crippen LogP contribution in [0.1, 0.15) is 12.5 Å². The number of sulfone groups is 1. The van der Waals surface area contributed by atoms with Crippen molar-refractivity contribution in [3.8, 4) is 22.4 Å². The fourth-order valence-electron chi connectivity index (χ4n) is 2.67. The molecule has 0 fully saturated rings. The van der Waals surface area contributed by atoms with Gasteiger partial charge < -0.3 is 0 Å². The highest BCUT2D eigenvalue weighted by atomic mass is 35.5. The monoisotopic (exact) mass is 371 g/mol. The number of hydrogen-bond acceptors (Lipinski definition) is 3. The molecule has 3 aromatic rings. The minimum absolute atomic E-state index is 0.292. The molecular formula is C20H18ClNO2S. The number of rotatable bonds is 4. The summed E-state index contributed by atoms with van der Waals surface area (Å²) in [6.45, 7) is 2.12. The highest BCUT2D eigenvalue weighted by Gasteiger charge is 2.12. The van der Waals surface area contributed by atoms with Crippen molar-refractivity contribution in [3.63, 3.8) is 0 Å². The molecule has 0 atom stereocenters. The Hall–Kier alpha value is -2.17. The fourth-order valence-corrected chi connectivity index (χ4v) is 3.46. The lowest BCUT2D eigenvalue weighted by atomic mass is 9.98. The lowest BCUT2D eigenvalue weighted by Crippen LogP contribution is -1.96. The van der Waals surface area contributed by atoms with Gasteiger partial charge in [-0.2, -0.15) is 0 Å². The lowest BCUT2D eigenvalue weighted by molar-refractivity contribution is 0.602. The van der Waals surface area contributed by atoms with E-state index in [0.717, 1.165) is 28.8 Å². The number of halogens is 1. The van der Waals surface area contributed by atoms with Crippen LogP contribution < -0.4 is 0 Å². The first-order valence-corrected chi connectivity index (χ1v) is 10.2. The van der Waals surface area contributed by atoms with Crippen molar-refractivity contribution in [3.05, 3.63) is 71.4 Å². The molecule has 0 amide bonds. The molecule has 0 saturated carbocycles. The van der Waals surface area contributed by atoms with Crippen LogP contribution in [0.4, 0.5) is 0 Å². The van der Waals surface area contributed by atoms with Crippen molar-refractivity contribution in [1.29, 1.82) is 0 Å². The van der Waals surface area contributed by atoms with Gasteiger partial charge in [0.05, 0.1) is 15.6 Å². The normalized spacial score (nSPS) is 11.5. The molecule has 128 valence electrons. The molecular weight excluding hydrogens is 354 g/mol. The fraction of sp³-hybridized carbons (Fsp3) is 0.150. The second kappa shape index (κ2) is 6.98. The van der Waals surface area contributed by atoms with Crippen LogP contribution in [0.3, 0.4) is 0 Å². The summed E-state index contributed by atoms with van der Waals surface area (Å²) in [6, 6.07) is 16.9. The van der Waals surface area contributed by atoms with E-state index in [9.17, 15) is 8.42 Å². The topological polar surface area (TPSA) is 47.0 Å². The molecule has 0 bridgehead atoms. The molecule has 5 heteroatoms. The van der Waals surface area contributed by atoms with Gasteiger partial charge in [0.15, 0.2) is 9.84 Å². The van der Waals surface area contributed by atoms with Crippen molar-refractivity contribution in [2.45, 2.75) is 18.2 Å². The maximum atomic E-state index is 11.7. The Labute approximate surface area is 153 Å². The summed E-state index contributed by atoms with van der Waals surface area (Å²) < 4.78 is 23.3. The quantitative estimate of drug-likeness (QED) is 0.645. The van der Waals surface area contributed by atoms with E-state index in [2.05, 4.69) is 24.0 Å². The van der Waals surface area contributed by atoms with Crippen molar-refractivity contribution < 1.29 is 8.42 Å². The first-order chi connectivity index (χ1) is 11.9. The number of pyridine rings is 1. The summed E-state index contributed by atoms with van der Waals surface area (Å²) in [5, 5.41) is 0.538. The zero-order valence-electron chi connectivity index (χ0n) is 14.0. The summed E-state index contributed by atoms with van der Waals surface area (Å²) in [7, 11) is -3.22. The van der Waals surface area contributed by atoms with E-state index in [0.29, 0.717) is 9.92 Å². The largest absolute Gasteiger partial charge is 0.254 e. The van der Waals surface area contributed by atoms with Gasteiger partial charge in [-0.3, -0.25) is 4.98 Å². The smallest absolute Gasteiger partial charge is 0.175 e. The van der Waals surface area contributed by atoms with E-state index in [4.69, 9.17) is 11.6 Å². The van der Waals surface area contributed by atoms with Crippen molar-refractivity contribution in [2.75, 3.05) is 6.26 Å². The van der Waals surface area contributed by atoms with Gasteiger partial charge in [0.1, 0.15) is 0 Å². The summed E-state index contributed by atoms with van der Waals surface area (Å²) in [4.78, 5) is 4.79. The zero-order valence-corrected chi connectivity index (χ0v) is 15.6. The molecule has 0 spiro atoms. The number of aromatic nitrogens is 1. The SMILES string of the molecule is CCc1ccc(-c2ncc(Cl)cc2-c2ccc(S(C)(=O)=O)cc2)cc1. The third kappa shape index (κ3) is 3.91. The summed E-state index contributed by atoms with van der Waals surface area (Å²) in [5.74, 6) is 0. The van der Waals surface area contributed by atoms with Crippen molar-refractivity contribution in [1.82, 2.24) is 4.98 Å². The first-order valence-electron chi connectivity index (χ1n) is 7.94. The van der Waals surface area contributed by atoms with Gasteiger partial charge in [-0.1, -0.05) is 54.9 Å². The standard InChI is InChI=1S/C20H18ClNO2S/c1-3-14-4-6-16(7-5-14)20-19(12-17(21)13-22-20)15-8-10-18(11-9-15)25(2,23)24/h4-13H,3H2,1-2H3. The highest BCUT2D eigenvalue weighted by Crippen LogP contribution is 2.33. The van der Waals surface area contributed by atoms with Gasteiger partial charge in [-0.05, 0) is 35.7 Å². The number of nitrogens with zero attached hydrogens (tertiary/aromatic N) is 1. The van der Waals surface area contributed by atoms with Crippen molar-refractivity contribution >= 4 is 21.4 Å². The molecule has 1 aromatic heterocycles. The Kier molecular flexibility index (Phi) is 4.93. The predicted molar refractivity (Wildman–Crippen MR) is 103 cm³/mol. The molecule has 25 heavy (non-hydrogen) atoms. The van der Waals surface area contributed by atoms with Crippen LogP contribution >= 0.6 is 11.6 Å². The molecule has 0 aliphatic heterocycles. The van der Waals surface area contributed by atoms with Gasteiger partial charge in [-0.25, -0.2) is 8.42 Å². The molecule has 0 N–H and O–H groups in total. The second-order valence-electron chi connectivity index (χ2n) is 5.90. The number of hydrogen-bond donors (Lipinski definition) is 0. The average Bonchev–Trinajstić information content (AvgIpc) is 2.61. The summed E-state index contributed by atoms with van der Waals surface area (Å²) >= 11 is 6.15. The molecule has 2 aromatic carbocycles. The Morgan fingerprint density at radius 2 is 1.56 bits per heavy atom. The average molecular weight is 372 g/mol. The van der Waals surface area contributed by atoms with Crippen LogP contribution in [-0.2, 0) is 16.3 Å². The molecule has 3 nitrogen and oxygen atoms in total. The molecule has 0 radical (unpaired) electrons. The van der Waals surface area contributed by atoms with E-state index in [-0.39, 0.29) is 0 Å². The Morgan fingerprint density at radius 3 is 2.12 bits per heavy atom. The van der Waals surface area contributed by atoms with Crippen LogP contribution in [0.5, 0.6) is 0 Å². The summed E-state index contributed by atoms with van der Waals surface area (Å²) in [6.07, 6.45) is 3.80. The minimum atomic E-state index is -3.22. The van der Waals surface area contributed by atoms with Crippen molar-refractivity contribution in [2.24, 2.45) is 0 Å². The second-order valence-corrected chi connectivity index (χ2v) is 8.35. The molecule has 0 aliphatic rings. The number of aryl methyl sites for hydroxylation is 1. The van der Waals surface area contributed by atoms with Gasteiger partial charge >= 0.3 is 0 Å². The molecule has 0 saturated heterocycles. The van der Waals surface area contributed by atoms with Gasteiger partial charge in [0.2, 0.25) is 0 Å². The van der Waals surface area contributed by atoms with Crippen LogP contribution in [-0.4, -0.2) is 19.7 Å². The maximum Gasteiger partial charge on any atom is 0.175 e. The zero-order chi connectivity index (χ0) is 18.0. The van der Waals surface area contributed by atoms with Crippen LogP contribution in [0.2, 0.25) is 5.02 Å². The third-order valence-electron chi connectivity index (χ3n) is 4.08. The lowest BCUT2D eigenvalue weighted by Gasteiger charge is -2.11. The maximum absolute atomic E-state index is 11.7. The van der Waals surface area contributed by atoms with E-state index in [1.54, 1.807) is 30.5 Å². The van der Waals surface area contributed by atoms with Gasteiger partial charge in [0.25, 0.3) is 0 Å². The molecule has 0 unspecified atom stereocenters. The van der Waals surface area contributed by atoms with E-state index < -0.39 is 9.84 Å². The van der Waals surface area contributed by atoms with Crippen LogP contribution in [0.25, 0.3) is 22.4 Å². The third-order valence-corrected chi connectivity index (χ3v) is 5.42. The van der Waals surface area contributed by atoms with Crippen LogP contribution in [0, 0.1) is 0 Å². The van der Waals surface area contributed by atoms with Crippen LogP contribution in [0.15, 0.2) is 65.7 Å². The van der Waals surface area contributed by atoms with Gasteiger partial charge in [0, 0.05) is 23.6 Å². The molecule has 0 aliphatic carbocycles. The van der Waals surface area contributed by atoms with Gasteiger partial charge in [-0.15, -0.1) is 0 Å². The Morgan fingerprint density at radius 1 is 0.960 bits per heavy atom. The molecule has 3 rings (SSSR count). The predicted octanol–water partition coefficient (Wildman–Crippen LogP) is 5.03. The molecule has 1 heterocycles. The van der Waals surface area contributed by atoms with E-state index in [1.807, 2.05) is 18.2 Å². The Bertz CT molecular complexity index is 995. The Balaban J connectivity index is 2.10. The first kappa shape index (κ1) is 17.6. The van der Waals surface area contributed by atoms with E-state index in [1.165, 1.54) is 11.8 Å². The number of benzene rings is 2. The minimum Gasteiger partial charge on any atom is -0.254 e. The van der Waals surface area contributed by atoms with E-state index >= 15 is 0 Å². The summed E-state index contributed by atoms with van der Waals surface area (Å²) in [5.41, 5.74) is 4.82.